The quantitative estimate of drug-likeness (QED) is 0.797. The van der Waals surface area contributed by atoms with E-state index < -0.39 is 5.97 Å². The van der Waals surface area contributed by atoms with Gasteiger partial charge in [0.25, 0.3) is 0 Å². The molecule has 2 rings (SSSR count). The molecule has 3 nitrogen and oxygen atoms in total. The summed E-state index contributed by atoms with van der Waals surface area (Å²) in [6.45, 7) is 2.07. The van der Waals surface area contributed by atoms with Crippen LogP contribution in [0.5, 0.6) is 0 Å². The zero-order valence-electron chi connectivity index (χ0n) is 9.14. The Kier molecular flexibility index (Phi) is 3.76. The Bertz CT molecular complexity index is 525. The molecular weight excluding hydrogens is 258 g/mol. The molecule has 0 bridgehead atoms. The number of nitrogens with zero attached hydrogens (tertiary/aromatic N) is 1. The van der Waals surface area contributed by atoms with Crippen LogP contribution >= 0.6 is 22.9 Å². The first-order chi connectivity index (χ1) is 8.24. The molecule has 88 valence electrons. The maximum Gasteiger partial charge on any atom is 0.341 e. The number of carbonyl (C=O) groups is 1. The van der Waals surface area contributed by atoms with Gasteiger partial charge in [0.15, 0.2) is 0 Å². The highest BCUT2D eigenvalue weighted by Crippen LogP contribution is 2.30. The fraction of sp³-hybridized carbons (Fsp3) is 0.167. The number of rotatable bonds is 3. The van der Waals surface area contributed by atoms with Crippen molar-refractivity contribution >= 4 is 28.9 Å². The van der Waals surface area contributed by atoms with Crippen LogP contribution in [-0.2, 0) is 4.74 Å². The summed E-state index contributed by atoms with van der Waals surface area (Å²) in [6.07, 6.45) is 1.58. The summed E-state index contributed by atoms with van der Waals surface area (Å²) in [4.78, 5) is 16.9. The number of halogens is 1. The van der Waals surface area contributed by atoms with Gasteiger partial charge in [-0.3, -0.25) is 4.98 Å². The van der Waals surface area contributed by atoms with E-state index in [-0.39, 0.29) is 0 Å². The normalized spacial score (nSPS) is 10.2. The van der Waals surface area contributed by atoms with Crippen molar-refractivity contribution in [1.29, 1.82) is 0 Å². The van der Waals surface area contributed by atoms with E-state index in [2.05, 4.69) is 4.98 Å². The number of thiophene rings is 1. The molecular formula is C12H10ClNO2S. The Hall–Kier alpha value is -1.39. The van der Waals surface area contributed by atoms with Crippen LogP contribution in [0.25, 0.3) is 10.6 Å². The Labute approximate surface area is 108 Å². The molecule has 0 unspecified atom stereocenters. The van der Waals surface area contributed by atoms with Crippen molar-refractivity contribution in [2.45, 2.75) is 6.92 Å². The monoisotopic (exact) mass is 267 g/mol. The van der Waals surface area contributed by atoms with Gasteiger partial charge in [0.2, 0.25) is 0 Å². The number of hydrogen-bond donors (Lipinski definition) is 0. The second-order valence-electron chi connectivity index (χ2n) is 3.21. The van der Waals surface area contributed by atoms with Crippen LogP contribution in [0.1, 0.15) is 17.3 Å². The molecule has 0 saturated heterocycles. The highest BCUT2D eigenvalue weighted by atomic mass is 35.5. The SMILES string of the molecule is CCOC(=O)c1c(Cl)ccnc1-c1cccs1. The first-order valence-electron chi connectivity index (χ1n) is 5.09. The Morgan fingerprint density at radius 3 is 3.00 bits per heavy atom. The third-order valence-electron chi connectivity index (χ3n) is 2.13. The lowest BCUT2D eigenvalue weighted by Gasteiger charge is -2.07. The number of esters is 1. The molecule has 17 heavy (non-hydrogen) atoms. The minimum atomic E-state index is -0.436. The molecule has 0 aliphatic rings. The van der Waals surface area contributed by atoms with Gasteiger partial charge in [0.1, 0.15) is 5.56 Å². The molecule has 0 aliphatic carbocycles. The summed E-state index contributed by atoms with van der Waals surface area (Å²) in [5.74, 6) is -0.436. The van der Waals surface area contributed by atoms with E-state index in [0.29, 0.717) is 22.9 Å². The second kappa shape index (κ2) is 5.29. The maximum absolute atomic E-state index is 11.8. The van der Waals surface area contributed by atoms with Crippen molar-refractivity contribution in [1.82, 2.24) is 4.98 Å². The zero-order valence-corrected chi connectivity index (χ0v) is 10.7. The molecule has 0 N–H and O–H groups in total. The van der Waals surface area contributed by atoms with E-state index in [4.69, 9.17) is 16.3 Å². The average molecular weight is 268 g/mol. The Morgan fingerprint density at radius 1 is 1.53 bits per heavy atom. The molecule has 0 aromatic carbocycles. The van der Waals surface area contributed by atoms with Crippen LogP contribution in [-0.4, -0.2) is 17.6 Å². The minimum Gasteiger partial charge on any atom is -0.462 e. The molecule has 2 heterocycles. The predicted molar refractivity (Wildman–Crippen MR) is 68.5 cm³/mol. The Morgan fingerprint density at radius 2 is 2.35 bits per heavy atom. The molecule has 0 saturated carbocycles. The van der Waals surface area contributed by atoms with Gasteiger partial charge in [-0.15, -0.1) is 11.3 Å². The summed E-state index contributed by atoms with van der Waals surface area (Å²) in [7, 11) is 0. The van der Waals surface area contributed by atoms with Gasteiger partial charge in [0, 0.05) is 6.20 Å². The zero-order chi connectivity index (χ0) is 12.3. The number of aromatic nitrogens is 1. The standard InChI is InChI=1S/C12H10ClNO2S/c1-2-16-12(15)10-8(13)5-6-14-11(10)9-4-3-7-17-9/h3-7H,2H2,1H3. The van der Waals surface area contributed by atoms with Crippen molar-refractivity contribution in [2.75, 3.05) is 6.61 Å². The van der Waals surface area contributed by atoms with Gasteiger partial charge in [-0.25, -0.2) is 4.79 Å². The summed E-state index contributed by atoms with van der Waals surface area (Å²) in [5.41, 5.74) is 0.907. The van der Waals surface area contributed by atoms with Crippen LogP contribution in [0.2, 0.25) is 5.02 Å². The van der Waals surface area contributed by atoms with Crippen molar-refractivity contribution in [3.05, 3.63) is 40.4 Å². The van der Waals surface area contributed by atoms with Gasteiger partial charge in [-0.2, -0.15) is 0 Å². The van der Waals surface area contributed by atoms with Crippen LogP contribution in [0.15, 0.2) is 29.8 Å². The van der Waals surface area contributed by atoms with Crippen molar-refractivity contribution < 1.29 is 9.53 Å². The van der Waals surface area contributed by atoms with Crippen LogP contribution in [0.3, 0.4) is 0 Å². The van der Waals surface area contributed by atoms with Crippen molar-refractivity contribution in [3.8, 4) is 10.6 Å². The minimum absolute atomic E-state index is 0.313. The third kappa shape index (κ3) is 2.48. The smallest absolute Gasteiger partial charge is 0.341 e. The Balaban J connectivity index is 2.53. The molecule has 0 spiro atoms. The summed E-state index contributed by atoms with van der Waals surface area (Å²) in [5, 5.41) is 2.29. The number of carbonyl (C=O) groups excluding carboxylic acids is 1. The predicted octanol–water partition coefficient (Wildman–Crippen LogP) is 3.64. The maximum atomic E-state index is 11.8. The average Bonchev–Trinajstić information content (AvgIpc) is 2.82. The molecule has 0 atom stereocenters. The highest BCUT2D eigenvalue weighted by molar-refractivity contribution is 7.13. The first-order valence-corrected chi connectivity index (χ1v) is 6.35. The van der Waals surface area contributed by atoms with Gasteiger partial charge in [-0.05, 0) is 24.4 Å². The molecule has 0 amide bonds. The van der Waals surface area contributed by atoms with E-state index >= 15 is 0 Å². The molecule has 2 aromatic rings. The highest BCUT2D eigenvalue weighted by Gasteiger charge is 2.19. The van der Waals surface area contributed by atoms with Gasteiger partial charge >= 0.3 is 5.97 Å². The lowest BCUT2D eigenvalue weighted by molar-refractivity contribution is 0.0527. The fourth-order valence-corrected chi connectivity index (χ4v) is 2.39. The van der Waals surface area contributed by atoms with Gasteiger partial charge in [-0.1, -0.05) is 17.7 Å². The molecule has 5 heteroatoms. The van der Waals surface area contributed by atoms with Gasteiger partial charge < -0.3 is 4.74 Å². The number of hydrogen-bond acceptors (Lipinski definition) is 4. The number of pyridine rings is 1. The molecule has 0 fully saturated rings. The van der Waals surface area contributed by atoms with E-state index in [1.165, 1.54) is 11.3 Å². The van der Waals surface area contributed by atoms with Crippen molar-refractivity contribution in [3.63, 3.8) is 0 Å². The van der Waals surface area contributed by atoms with Crippen molar-refractivity contribution in [2.24, 2.45) is 0 Å². The summed E-state index contributed by atoms with van der Waals surface area (Å²) >= 11 is 7.55. The second-order valence-corrected chi connectivity index (χ2v) is 4.57. The fourth-order valence-electron chi connectivity index (χ4n) is 1.44. The largest absolute Gasteiger partial charge is 0.462 e. The summed E-state index contributed by atoms with van der Waals surface area (Å²) in [6, 6.07) is 5.38. The van der Waals surface area contributed by atoms with E-state index in [0.717, 1.165) is 4.88 Å². The van der Waals surface area contributed by atoms with E-state index in [9.17, 15) is 4.79 Å². The van der Waals surface area contributed by atoms with Crippen LogP contribution in [0, 0.1) is 0 Å². The molecule has 0 aliphatic heterocycles. The topological polar surface area (TPSA) is 39.2 Å². The summed E-state index contributed by atoms with van der Waals surface area (Å²) < 4.78 is 4.99. The van der Waals surface area contributed by atoms with E-state index in [1.54, 1.807) is 19.2 Å². The third-order valence-corrected chi connectivity index (χ3v) is 3.33. The molecule has 0 radical (unpaired) electrons. The molecule has 2 aromatic heterocycles. The lowest BCUT2D eigenvalue weighted by Crippen LogP contribution is -2.08. The number of ether oxygens (including phenoxy) is 1. The van der Waals surface area contributed by atoms with E-state index in [1.807, 2.05) is 17.5 Å². The van der Waals surface area contributed by atoms with Gasteiger partial charge in [0.05, 0.1) is 22.2 Å². The first kappa shape index (κ1) is 12.1. The van der Waals surface area contributed by atoms with Crippen LogP contribution < -0.4 is 0 Å². The van der Waals surface area contributed by atoms with Crippen LogP contribution in [0.4, 0.5) is 0 Å². The lowest BCUT2D eigenvalue weighted by atomic mass is 10.1.